The second kappa shape index (κ2) is 5.93. The number of carbonyl (C=O) groups is 1. The summed E-state index contributed by atoms with van der Waals surface area (Å²) in [6.07, 6.45) is -2.30. The van der Waals surface area contributed by atoms with Crippen molar-refractivity contribution in [2.45, 2.75) is 25.0 Å². The van der Waals surface area contributed by atoms with Gasteiger partial charge in [-0.15, -0.1) is 0 Å². The van der Waals surface area contributed by atoms with Gasteiger partial charge in [0.1, 0.15) is 18.9 Å². The van der Waals surface area contributed by atoms with Gasteiger partial charge in [0.05, 0.1) is 5.56 Å². The molecule has 18 heavy (non-hydrogen) atoms. The first kappa shape index (κ1) is 13.0. The molecule has 0 aromatic heterocycles. The van der Waals surface area contributed by atoms with E-state index in [1.165, 1.54) is 7.11 Å². The van der Waals surface area contributed by atoms with Gasteiger partial charge in [0.25, 0.3) is 0 Å². The van der Waals surface area contributed by atoms with Crippen LogP contribution in [0, 0.1) is 0 Å². The number of hydrogen-bond acceptors (Lipinski definition) is 4. The number of hydrogen-bond donors (Lipinski definition) is 0. The summed E-state index contributed by atoms with van der Waals surface area (Å²) >= 11 is 0. The monoisotopic (exact) mass is 254 g/mol. The summed E-state index contributed by atoms with van der Waals surface area (Å²) in [4.78, 5) is 11.6. The average Bonchev–Trinajstić information content (AvgIpc) is 2.77. The highest BCUT2D eigenvalue weighted by Gasteiger charge is 2.36. The van der Waals surface area contributed by atoms with E-state index in [0.29, 0.717) is 5.56 Å². The highest BCUT2D eigenvalue weighted by Crippen LogP contribution is 2.24. The summed E-state index contributed by atoms with van der Waals surface area (Å²) < 4.78 is 28.6. The van der Waals surface area contributed by atoms with Crippen LogP contribution in [0.1, 0.15) is 16.8 Å². The lowest BCUT2D eigenvalue weighted by atomic mass is 10.2. The molecule has 1 aliphatic rings. The number of halogens is 1. The van der Waals surface area contributed by atoms with Crippen LogP contribution in [0.2, 0.25) is 0 Å². The fourth-order valence-corrected chi connectivity index (χ4v) is 1.78. The maximum absolute atomic E-state index is 13.5. The molecule has 98 valence electrons. The molecule has 2 rings (SSSR count). The Kier molecular flexibility index (Phi) is 4.28. The van der Waals surface area contributed by atoms with Crippen molar-refractivity contribution in [2.24, 2.45) is 0 Å². The van der Waals surface area contributed by atoms with Gasteiger partial charge in [-0.1, -0.05) is 18.2 Å². The molecule has 1 heterocycles. The van der Waals surface area contributed by atoms with E-state index in [0.717, 1.165) is 0 Å². The predicted octanol–water partition coefficient (Wildman–Crippen LogP) is 1.94. The Labute approximate surface area is 105 Å². The molecule has 1 aromatic rings. The summed E-state index contributed by atoms with van der Waals surface area (Å²) in [5.74, 6) is -0.479. The third-order valence-corrected chi connectivity index (χ3v) is 2.80. The molecule has 0 bridgehead atoms. The first-order chi connectivity index (χ1) is 8.70. The molecule has 0 amide bonds. The quantitative estimate of drug-likeness (QED) is 0.770. The minimum absolute atomic E-state index is 0.102. The van der Waals surface area contributed by atoms with E-state index in [9.17, 15) is 9.18 Å². The minimum atomic E-state index is -1.17. The number of methoxy groups -OCH3 is 1. The highest BCUT2D eigenvalue weighted by molar-refractivity contribution is 5.89. The Morgan fingerprint density at radius 1 is 1.44 bits per heavy atom. The van der Waals surface area contributed by atoms with Gasteiger partial charge in [0.2, 0.25) is 0 Å². The molecular formula is C13H15FO4. The normalized spacial score (nSPS) is 27.1. The van der Waals surface area contributed by atoms with Crippen LogP contribution in [0.4, 0.5) is 4.39 Å². The zero-order valence-electron chi connectivity index (χ0n) is 10.0. The van der Waals surface area contributed by atoms with Crippen LogP contribution >= 0.6 is 0 Å². The second-order valence-corrected chi connectivity index (χ2v) is 4.06. The van der Waals surface area contributed by atoms with Gasteiger partial charge in [-0.25, -0.2) is 9.18 Å². The van der Waals surface area contributed by atoms with Crippen LogP contribution < -0.4 is 0 Å². The number of carbonyl (C=O) groups excluding carboxylic acids is 1. The van der Waals surface area contributed by atoms with E-state index in [1.54, 1.807) is 30.3 Å². The molecular weight excluding hydrogens is 239 g/mol. The molecule has 1 saturated heterocycles. The smallest absolute Gasteiger partial charge is 0.338 e. The highest BCUT2D eigenvalue weighted by atomic mass is 19.1. The Balaban J connectivity index is 1.83. The number of benzene rings is 1. The lowest BCUT2D eigenvalue weighted by Crippen LogP contribution is -2.25. The molecule has 4 nitrogen and oxygen atoms in total. The molecule has 0 aliphatic carbocycles. The minimum Gasteiger partial charge on any atom is -0.459 e. The number of ether oxygens (including phenoxy) is 3. The van der Waals surface area contributed by atoms with Gasteiger partial charge < -0.3 is 14.2 Å². The van der Waals surface area contributed by atoms with E-state index in [1.807, 2.05) is 0 Å². The van der Waals surface area contributed by atoms with Crippen LogP contribution in [-0.2, 0) is 14.2 Å². The first-order valence-electron chi connectivity index (χ1n) is 5.75. The fraction of sp³-hybridized carbons (Fsp3) is 0.462. The van der Waals surface area contributed by atoms with Crippen molar-refractivity contribution in [1.82, 2.24) is 0 Å². The van der Waals surface area contributed by atoms with E-state index in [2.05, 4.69) is 0 Å². The number of alkyl halides is 1. The van der Waals surface area contributed by atoms with E-state index >= 15 is 0 Å². The van der Waals surface area contributed by atoms with Crippen LogP contribution in [0.3, 0.4) is 0 Å². The third kappa shape index (κ3) is 3.05. The Morgan fingerprint density at radius 2 is 2.17 bits per heavy atom. The predicted molar refractivity (Wildman–Crippen MR) is 61.9 cm³/mol. The molecule has 3 atom stereocenters. The summed E-state index contributed by atoms with van der Waals surface area (Å²) in [6.45, 7) is -0.102. The molecule has 0 N–H and O–H groups in total. The van der Waals surface area contributed by atoms with Crippen LogP contribution in [0.5, 0.6) is 0 Å². The molecule has 1 fully saturated rings. The summed E-state index contributed by atoms with van der Waals surface area (Å²) in [5, 5.41) is 0. The van der Waals surface area contributed by atoms with Gasteiger partial charge in [0.15, 0.2) is 6.29 Å². The fourth-order valence-electron chi connectivity index (χ4n) is 1.78. The molecule has 0 radical (unpaired) electrons. The molecule has 0 spiro atoms. The molecule has 0 unspecified atom stereocenters. The first-order valence-corrected chi connectivity index (χ1v) is 5.75. The zero-order chi connectivity index (χ0) is 13.0. The summed E-state index contributed by atoms with van der Waals surface area (Å²) in [7, 11) is 1.45. The lowest BCUT2D eigenvalue weighted by Gasteiger charge is -2.13. The zero-order valence-corrected chi connectivity index (χ0v) is 10.0. The van der Waals surface area contributed by atoms with Crippen molar-refractivity contribution in [3.05, 3.63) is 35.9 Å². The molecule has 0 saturated carbocycles. The number of esters is 1. The maximum atomic E-state index is 13.5. The van der Waals surface area contributed by atoms with Crippen molar-refractivity contribution in [2.75, 3.05) is 13.7 Å². The van der Waals surface area contributed by atoms with E-state index in [4.69, 9.17) is 14.2 Å². The van der Waals surface area contributed by atoms with Gasteiger partial charge in [0, 0.05) is 13.5 Å². The largest absolute Gasteiger partial charge is 0.459 e. The lowest BCUT2D eigenvalue weighted by molar-refractivity contribution is -0.126. The Hall–Kier alpha value is -1.46. The second-order valence-electron chi connectivity index (χ2n) is 4.06. The topological polar surface area (TPSA) is 44.8 Å². The standard InChI is InChI=1S/C13H15FO4/c1-16-12-7-10(14)11(18-12)8-17-13(15)9-5-3-2-4-6-9/h2-6,10-12H,7-8H2,1H3/t10-,11+,12-/m1/s1. The van der Waals surface area contributed by atoms with Gasteiger partial charge >= 0.3 is 5.97 Å². The molecule has 1 aromatic carbocycles. The maximum Gasteiger partial charge on any atom is 0.338 e. The van der Waals surface area contributed by atoms with E-state index in [-0.39, 0.29) is 13.0 Å². The van der Waals surface area contributed by atoms with Crippen molar-refractivity contribution in [3.63, 3.8) is 0 Å². The van der Waals surface area contributed by atoms with Crippen molar-refractivity contribution in [1.29, 1.82) is 0 Å². The van der Waals surface area contributed by atoms with Gasteiger partial charge in [-0.05, 0) is 12.1 Å². The van der Waals surface area contributed by atoms with Crippen LogP contribution in [-0.4, -0.2) is 38.3 Å². The SMILES string of the molecule is CO[C@H]1C[C@@H](F)[C@H](COC(=O)c2ccccc2)O1. The Morgan fingerprint density at radius 3 is 2.78 bits per heavy atom. The van der Waals surface area contributed by atoms with Crippen molar-refractivity contribution < 1.29 is 23.4 Å². The molecule has 5 heteroatoms. The Bertz CT molecular complexity index is 395. The van der Waals surface area contributed by atoms with Gasteiger partial charge in [-0.2, -0.15) is 0 Å². The van der Waals surface area contributed by atoms with Crippen LogP contribution in [0.15, 0.2) is 30.3 Å². The summed E-state index contributed by atoms with van der Waals surface area (Å²) in [6, 6.07) is 8.56. The third-order valence-electron chi connectivity index (χ3n) is 2.80. The summed E-state index contributed by atoms with van der Waals surface area (Å²) in [5.41, 5.74) is 0.439. The number of rotatable bonds is 4. The van der Waals surface area contributed by atoms with Gasteiger partial charge in [-0.3, -0.25) is 0 Å². The van der Waals surface area contributed by atoms with E-state index < -0.39 is 24.5 Å². The molecule has 1 aliphatic heterocycles. The van der Waals surface area contributed by atoms with Crippen molar-refractivity contribution in [3.8, 4) is 0 Å². The average molecular weight is 254 g/mol. The van der Waals surface area contributed by atoms with Crippen LogP contribution in [0.25, 0.3) is 0 Å². The van der Waals surface area contributed by atoms with Crippen molar-refractivity contribution >= 4 is 5.97 Å².